The number of nitrogens with zero attached hydrogens (tertiary/aromatic N) is 1. The van der Waals surface area contributed by atoms with Crippen molar-refractivity contribution < 1.29 is 5.11 Å². The molecule has 0 amide bonds. The highest BCUT2D eigenvalue weighted by molar-refractivity contribution is 7.17. The maximum absolute atomic E-state index is 9.69. The van der Waals surface area contributed by atoms with Crippen LogP contribution in [0.15, 0.2) is 23.7 Å². The second-order valence-corrected chi connectivity index (χ2v) is 5.50. The summed E-state index contributed by atoms with van der Waals surface area (Å²) in [6.07, 6.45) is 3.83. The predicted molar refractivity (Wildman–Crippen MR) is 66.8 cm³/mol. The fourth-order valence-corrected chi connectivity index (χ4v) is 3.48. The molecular formula is C13H15NOS. The van der Waals surface area contributed by atoms with E-state index in [9.17, 15) is 5.11 Å². The van der Waals surface area contributed by atoms with Crippen molar-refractivity contribution in [3.63, 3.8) is 0 Å². The standard InChI is InChI=1S/C13H15NOS/c1-2-9-10(6-12(9)15)8-5-13-11(14-7-8)3-4-16-13/h3-5,7,9-10,12,15H,2,6H2,1H3. The van der Waals surface area contributed by atoms with Crippen LogP contribution in [0, 0.1) is 5.92 Å². The van der Waals surface area contributed by atoms with Crippen molar-refractivity contribution in [2.24, 2.45) is 5.92 Å². The zero-order valence-corrected chi connectivity index (χ0v) is 10.1. The van der Waals surface area contributed by atoms with Gasteiger partial charge in [0.25, 0.3) is 0 Å². The van der Waals surface area contributed by atoms with Crippen LogP contribution in [0.3, 0.4) is 0 Å². The van der Waals surface area contributed by atoms with Gasteiger partial charge in [-0.15, -0.1) is 11.3 Å². The van der Waals surface area contributed by atoms with Crippen LogP contribution in [0.2, 0.25) is 0 Å². The Kier molecular flexibility index (Phi) is 2.45. The number of aliphatic hydroxyl groups excluding tert-OH is 1. The molecule has 3 unspecified atom stereocenters. The third kappa shape index (κ3) is 1.46. The molecule has 2 nitrogen and oxygen atoms in total. The van der Waals surface area contributed by atoms with Gasteiger partial charge in [0, 0.05) is 6.20 Å². The molecule has 1 N–H and O–H groups in total. The molecule has 1 aliphatic rings. The van der Waals surface area contributed by atoms with E-state index in [1.807, 2.05) is 6.20 Å². The molecule has 2 aromatic rings. The highest BCUT2D eigenvalue weighted by Gasteiger charge is 2.39. The normalized spacial score (nSPS) is 29.2. The first-order chi connectivity index (χ1) is 7.79. The topological polar surface area (TPSA) is 33.1 Å². The Hall–Kier alpha value is -0.930. The summed E-state index contributed by atoms with van der Waals surface area (Å²) >= 11 is 1.74. The average Bonchev–Trinajstić information content (AvgIpc) is 2.73. The van der Waals surface area contributed by atoms with Gasteiger partial charge in [-0.3, -0.25) is 4.98 Å². The second-order valence-electron chi connectivity index (χ2n) is 4.55. The van der Waals surface area contributed by atoms with E-state index in [0.717, 1.165) is 18.4 Å². The minimum atomic E-state index is -0.103. The molecule has 0 spiro atoms. The second kappa shape index (κ2) is 3.82. The van der Waals surface area contributed by atoms with Gasteiger partial charge in [-0.1, -0.05) is 13.3 Å². The molecule has 1 fully saturated rings. The van der Waals surface area contributed by atoms with E-state index in [-0.39, 0.29) is 6.10 Å². The van der Waals surface area contributed by atoms with Crippen LogP contribution in [0.4, 0.5) is 0 Å². The number of hydrogen-bond acceptors (Lipinski definition) is 3. The fourth-order valence-electron chi connectivity index (χ4n) is 2.69. The van der Waals surface area contributed by atoms with Crippen molar-refractivity contribution in [3.05, 3.63) is 29.3 Å². The third-order valence-corrected chi connectivity index (χ3v) is 4.58. The van der Waals surface area contributed by atoms with E-state index in [2.05, 4.69) is 29.4 Å². The SMILES string of the molecule is CCC1C(O)CC1c1cnc2ccsc2c1. The highest BCUT2D eigenvalue weighted by Crippen LogP contribution is 2.44. The fraction of sp³-hybridized carbons (Fsp3) is 0.462. The molecule has 2 aromatic heterocycles. The zero-order valence-electron chi connectivity index (χ0n) is 9.26. The monoisotopic (exact) mass is 233 g/mol. The summed E-state index contributed by atoms with van der Waals surface area (Å²) in [5.74, 6) is 0.943. The van der Waals surface area contributed by atoms with Crippen LogP contribution < -0.4 is 0 Å². The first-order valence-electron chi connectivity index (χ1n) is 5.81. The van der Waals surface area contributed by atoms with Crippen LogP contribution in [0.1, 0.15) is 31.2 Å². The summed E-state index contributed by atoms with van der Waals surface area (Å²) < 4.78 is 1.26. The molecule has 0 aliphatic heterocycles. The lowest BCUT2D eigenvalue weighted by Gasteiger charge is -2.41. The molecule has 0 bridgehead atoms. The number of hydrogen-bond donors (Lipinski definition) is 1. The summed E-state index contributed by atoms with van der Waals surface area (Å²) in [6, 6.07) is 4.29. The number of thiophene rings is 1. The van der Waals surface area contributed by atoms with E-state index in [1.165, 1.54) is 10.3 Å². The molecule has 2 heterocycles. The number of rotatable bonds is 2. The molecule has 1 saturated carbocycles. The Bertz CT molecular complexity index is 507. The van der Waals surface area contributed by atoms with E-state index in [0.29, 0.717) is 11.8 Å². The van der Waals surface area contributed by atoms with E-state index < -0.39 is 0 Å². The van der Waals surface area contributed by atoms with Gasteiger partial charge in [-0.05, 0) is 41.3 Å². The molecule has 3 heteroatoms. The van der Waals surface area contributed by atoms with Crippen molar-refractivity contribution in [1.29, 1.82) is 0 Å². The molecule has 0 radical (unpaired) electrons. The number of aliphatic hydroxyl groups is 1. The Morgan fingerprint density at radius 3 is 3.19 bits per heavy atom. The van der Waals surface area contributed by atoms with Gasteiger partial charge < -0.3 is 5.11 Å². The molecule has 1 aliphatic carbocycles. The molecular weight excluding hydrogens is 218 g/mol. The molecule has 0 saturated heterocycles. The van der Waals surface area contributed by atoms with Crippen molar-refractivity contribution >= 4 is 21.6 Å². The van der Waals surface area contributed by atoms with Crippen molar-refractivity contribution in [3.8, 4) is 0 Å². The van der Waals surface area contributed by atoms with Gasteiger partial charge in [0.15, 0.2) is 0 Å². The zero-order chi connectivity index (χ0) is 11.1. The Balaban J connectivity index is 1.94. The summed E-state index contributed by atoms with van der Waals surface area (Å²) in [4.78, 5) is 4.47. The molecule has 16 heavy (non-hydrogen) atoms. The highest BCUT2D eigenvalue weighted by atomic mass is 32.1. The van der Waals surface area contributed by atoms with Gasteiger partial charge in [0.05, 0.1) is 16.3 Å². The maximum Gasteiger partial charge on any atom is 0.0809 e. The summed E-state index contributed by atoms with van der Waals surface area (Å²) in [6.45, 7) is 2.15. The van der Waals surface area contributed by atoms with E-state index >= 15 is 0 Å². The van der Waals surface area contributed by atoms with Gasteiger partial charge in [-0.2, -0.15) is 0 Å². The van der Waals surface area contributed by atoms with Crippen LogP contribution >= 0.6 is 11.3 Å². The average molecular weight is 233 g/mol. The largest absolute Gasteiger partial charge is 0.393 e. The summed E-state index contributed by atoms with van der Waals surface area (Å²) in [5, 5.41) is 11.8. The Morgan fingerprint density at radius 1 is 1.56 bits per heavy atom. The lowest BCUT2D eigenvalue weighted by Crippen LogP contribution is -2.39. The van der Waals surface area contributed by atoms with Gasteiger partial charge in [0.1, 0.15) is 0 Å². The lowest BCUT2D eigenvalue weighted by molar-refractivity contribution is -0.000774. The number of fused-ring (bicyclic) bond motifs is 1. The first kappa shape index (κ1) is 10.2. The first-order valence-corrected chi connectivity index (χ1v) is 6.68. The van der Waals surface area contributed by atoms with Crippen LogP contribution in [0.5, 0.6) is 0 Å². The predicted octanol–water partition coefficient (Wildman–Crippen LogP) is 3.17. The third-order valence-electron chi connectivity index (χ3n) is 3.73. The maximum atomic E-state index is 9.69. The number of aromatic nitrogens is 1. The minimum absolute atomic E-state index is 0.103. The van der Waals surface area contributed by atoms with Gasteiger partial charge in [0.2, 0.25) is 0 Å². The van der Waals surface area contributed by atoms with Gasteiger partial charge >= 0.3 is 0 Å². The molecule has 84 valence electrons. The van der Waals surface area contributed by atoms with E-state index in [4.69, 9.17) is 0 Å². The Morgan fingerprint density at radius 2 is 2.44 bits per heavy atom. The molecule has 0 aromatic carbocycles. The molecule has 3 atom stereocenters. The summed E-state index contributed by atoms with van der Waals surface area (Å²) in [7, 11) is 0. The smallest absolute Gasteiger partial charge is 0.0809 e. The lowest BCUT2D eigenvalue weighted by atomic mass is 9.67. The van der Waals surface area contributed by atoms with E-state index in [1.54, 1.807) is 11.3 Å². The minimum Gasteiger partial charge on any atom is -0.393 e. The van der Waals surface area contributed by atoms with Crippen LogP contribution in [-0.4, -0.2) is 16.2 Å². The Labute approximate surface area is 99.0 Å². The van der Waals surface area contributed by atoms with Crippen LogP contribution in [-0.2, 0) is 0 Å². The molecule has 3 rings (SSSR count). The van der Waals surface area contributed by atoms with Crippen molar-refractivity contribution in [2.75, 3.05) is 0 Å². The summed E-state index contributed by atoms with van der Waals surface area (Å²) in [5.41, 5.74) is 2.38. The van der Waals surface area contributed by atoms with Gasteiger partial charge in [-0.25, -0.2) is 0 Å². The number of pyridine rings is 1. The quantitative estimate of drug-likeness (QED) is 0.864. The van der Waals surface area contributed by atoms with Crippen molar-refractivity contribution in [2.45, 2.75) is 31.8 Å². The van der Waals surface area contributed by atoms with Crippen LogP contribution in [0.25, 0.3) is 10.2 Å². The van der Waals surface area contributed by atoms with Crippen molar-refractivity contribution in [1.82, 2.24) is 4.98 Å².